The van der Waals surface area contributed by atoms with Crippen LogP contribution in [0.15, 0.2) is 41.8 Å². The van der Waals surface area contributed by atoms with Crippen molar-refractivity contribution in [3.63, 3.8) is 0 Å². The number of carbonyl (C=O) groups excluding carboxylic acids is 1. The van der Waals surface area contributed by atoms with Gasteiger partial charge in [-0.2, -0.15) is 0 Å². The zero-order valence-electron chi connectivity index (χ0n) is 15.7. The molecule has 1 fully saturated rings. The van der Waals surface area contributed by atoms with Gasteiger partial charge in [-0.05, 0) is 36.4 Å². The van der Waals surface area contributed by atoms with E-state index in [2.05, 4.69) is 18.3 Å². The standard InChI is InChI=1S/C21H28N2O3S/c1-2-9-21(15-24)10-11-23(14-19(21)25)20(26)17-7-3-4-8-18(17)22-13-16-6-5-12-27-16/h3-8,12,19,22,24-25H,2,9-11,13-15H2,1H3/t19-,21-/m1/s1. The van der Waals surface area contributed by atoms with E-state index in [1.54, 1.807) is 16.2 Å². The van der Waals surface area contributed by atoms with Crippen molar-refractivity contribution < 1.29 is 15.0 Å². The highest BCUT2D eigenvalue weighted by molar-refractivity contribution is 7.09. The summed E-state index contributed by atoms with van der Waals surface area (Å²) in [5, 5.41) is 25.9. The molecule has 0 saturated carbocycles. The van der Waals surface area contributed by atoms with Gasteiger partial charge in [0.25, 0.3) is 5.91 Å². The van der Waals surface area contributed by atoms with Gasteiger partial charge in [0.1, 0.15) is 0 Å². The molecule has 6 heteroatoms. The number of rotatable bonds is 7. The number of anilines is 1. The molecule has 3 N–H and O–H groups in total. The van der Waals surface area contributed by atoms with E-state index < -0.39 is 11.5 Å². The zero-order valence-corrected chi connectivity index (χ0v) is 16.5. The summed E-state index contributed by atoms with van der Waals surface area (Å²) in [6.07, 6.45) is 1.59. The molecule has 0 bridgehead atoms. The average Bonchev–Trinajstić information content (AvgIpc) is 3.21. The molecule has 1 aromatic carbocycles. The number of carbonyl (C=O) groups is 1. The second kappa shape index (κ2) is 8.87. The summed E-state index contributed by atoms with van der Waals surface area (Å²) in [4.78, 5) is 16.0. The Morgan fingerprint density at radius 1 is 1.33 bits per heavy atom. The van der Waals surface area contributed by atoms with Gasteiger partial charge < -0.3 is 20.4 Å². The van der Waals surface area contributed by atoms with Gasteiger partial charge in [0, 0.05) is 35.6 Å². The van der Waals surface area contributed by atoms with Crippen molar-refractivity contribution in [2.45, 2.75) is 38.8 Å². The van der Waals surface area contributed by atoms with E-state index in [0.29, 0.717) is 25.1 Å². The number of thiophene rings is 1. The van der Waals surface area contributed by atoms with E-state index >= 15 is 0 Å². The first-order valence-corrected chi connectivity index (χ1v) is 10.4. The average molecular weight is 389 g/mol. The number of β-amino-alcohol motifs (C(OH)–C–C–N with tert-alkyl or cyclic N) is 1. The van der Waals surface area contributed by atoms with Crippen LogP contribution in [0.25, 0.3) is 0 Å². The molecule has 27 heavy (non-hydrogen) atoms. The Labute approximate surface area is 164 Å². The van der Waals surface area contributed by atoms with Crippen LogP contribution in [0.4, 0.5) is 5.69 Å². The van der Waals surface area contributed by atoms with Crippen molar-refractivity contribution in [3.8, 4) is 0 Å². The summed E-state index contributed by atoms with van der Waals surface area (Å²) in [6.45, 7) is 3.50. The van der Waals surface area contributed by atoms with Crippen LogP contribution in [0, 0.1) is 5.41 Å². The number of para-hydroxylation sites is 1. The van der Waals surface area contributed by atoms with E-state index in [-0.39, 0.29) is 19.1 Å². The van der Waals surface area contributed by atoms with Crippen LogP contribution in [0.3, 0.4) is 0 Å². The van der Waals surface area contributed by atoms with Gasteiger partial charge in [-0.1, -0.05) is 31.5 Å². The number of benzene rings is 1. The maximum Gasteiger partial charge on any atom is 0.256 e. The molecule has 5 nitrogen and oxygen atoms in total. The van der Waals surface area contributed by atoms with Crippen LogP contribution in [0.5, 0.6) is 0 Å². The summed E-state index contributed by atoms with van der Waals surface area (Å²) < 4.78 is 0. The Hall–Kier alpha value is -1.89. The Bertz CT molecular complexity index is 750. The lowest BCUT2D eigenvalue weighted by atomic mass is 9.73. The van der Waals surface area contributed by atoms with Crippen molar-refractivity contribution in [1.29, 1.82) is 0 Å². The van der Waals surface area contributed by atoms with Crippen LogP contribution in [0.1, 0.15) is 41.4 Å². The predicted molar refractivity (Wildman–Crippen MR) is 109 cm³/mol. The molecule has 2 atom stereocenters. The smallest absolute Gasteiger partial charge is 0.256 e. The molecule has 146 valence electrons. The molecule has 1 saturated heterocycles. The molecule has 1 aliphatic heterocycles. The van der Waals surface area contributed by atoms with Crippen molar-refractivity contribution in [2.75, 3.05) is 25.0 Å². The number of aliphatic hydroxyl groups is 2. The van der Waals surface area contributed by atoms with E-state index in [4.69, 9.17) is 0 Å². The van der Waals surface area contributed by atoms with E-state index in [1.165, 1.54) is 4.88 Å². The first-order valence-electron chi connectivity index (χ1n) is 9.53. The number of likely N-dealkylation sites (tertiary alicyclic amines) is 1. The molecule has 0 unspecified atom stereocenters. The highest BCUT2D eigenvalue weighted by Crippen LogP contribution is 2.36. The highest BCUT2D eigenvalue weighted by atomic mass is 32.1. The maximum absolute atomic E-state index is 13.1. The first-order chi connectivity index (χ1) is 13.1. The lowest BCUT2D eigenvalue weighted by molar-refractivity contribution is -0.0713. The fourth-order valence-corrected chi connectivity index (χ4v) is 4.49. The van der Waals surface area contributed by atoms with Crippen LogP contribution in [0.2, 0.25) is 0 Å². The summed E-state index contributed by atoms with van der Waals surface area (Å²) in [7, 11) is 0. The normalized spacial score (nSPS) is 22.6. The predicted octanol–water partition coefficient (Wildman–Crippen LogP) is 3.35. The Balaban J connectivity index is 1.71. The van der Waals surface area contributed by atoms with Crippen LogP contribution >= 0.6 is 11.3 Å². The minimum absolute atomic E-state index is 0.0387. The summed E-state index contributed by atoms with van der Waals surface area (Å²) in [6, 6.07) is 11.6. The van der Waals surface area contributed by atoms with Crippen molar-refractivity contribution >= 4 is 22.9 Å². The number of amides is 1. The van der Waals surface area contributed by atoms with Crippen molar-refractivity contribution in [1.82, 2.24) is 4.90 Å². The third-order valence-electron chi connectivity index (χ3n) is 5.52. The molecule has 2 aromatic rings. The van der Waals surface area contributed by atoms with Gasteiger partial charge in [-0.3, -0.25) is 4.79 Å². The lowest BCUT2D eigenvalue weighted by Crippen LogP contribution is -2.54. The van der Waals surface area contributed by atoms with Gasteiger partial charge in [0.2, 0.25) is 0 Å². The molecule has 1 amide bonds. The van der Waals surface area contributed by atoms with E-state index in [1.807, 2.05) is 35.7 Å². The number of piperidine rings is 1. The Morgan fingerprint density at radius 2 is 2.15 bits per heavy atom. The Kier molecular flexibility index (Phi) is 6.52. The fourth-order valence-electron chi connectivity index (χ4n) is 3.84. The van der Waals surface area contributed by atoms with Crippen LogP contribution in [-0.4, -0.2) is 46.8 Å². The Morgan fingerprint density at radius 3 is 2.81 bits per heavy atom. The molecule has 1 aromatic heterocycles. The van der Waals surface area contributed by atoms with Crippen molar-refractivity contribution in [2.24, 2.45) is 5.41 Å². The summed E-state index contributed by atoms with van der Waals surface area (Å²) in [5.74, 6) is -0.0774. The van der Waals surface area contributed by atoms with Gasteiger partial charge in [-0.15, -0.1) is 11.3 Å². The largest absolute Gasteiger partial charge is 0.396 e. The maximum atomic E-state index is 13.1. The quantitative estimate of drug-likeness (QED) is 0.680. The van der Waals surface area contributed by atoms with Crippen LogP contribution in [-0.2, 0) is 6.54 Å². The number of hydrogen-bond donors (Lipinski definition) is 3. The van der Waals surface area contributed by atoms with Gasteiger partial charge in [0.15, 0.2) is 0 Å². The minimum Gasteiger partial charge on any atom is -0.396 e. The molecular weight excluding hydrogens is 360 g/mol. The molecular formula is C21H28N2O3S. The minimum atomic E-state index is -0.702. The second-order valence-electron chi connectivity index (χ2n) is 7.27. The van der Waals surface area contributed by atoms with Gasteiger partial charge in [0.05, 0.1) is 18.3 Å². The highest BCUT2D eigenvalue weighted by Gasteiger charge is 2.42. The number of nitrogens with one attached hydrogen (secondary N) is 1. The molecule has 0 aliphatic carbocycles. The van der Waals surface area contributed by atoms with Gasteiger partial charge in [-0.25, -0.2) is 0 Å². The molecule has 3 rings (SSSR count). The SMILES string of the molecule is CCC[C@]1(CO)CCN(C(=O)c2ccccc2NCc2cccs2)C[C@H]1O. The number of hydrogen-bond acceptors (Lipinski definition) is 5. The zero-order chi connectivity index (χ0) is 19.3. The summed E-state index contributed by atoms with van der Waals surface area (Å²) >= 11 is 1.68. The van der Waals surface area contributed by atoms with Gasteiger partial charge >= 0.3 is 0 Å². The first kappa shape index (κ1) is 19.9. The fraction of sp³-hybridized carbons (Fsp3) is 0.476. The lowest BCUT2D eigenvalue weighted by Gasteiger charge is -2.44. The van der Waals surface area contributed by atoms with Crippen LogP contribution < -0.4 is 5.32 Å². The van der Waals surface area contributed by atoms with Crippen molar-refractivity contribution in [3.05, 3.63) is 52.2 Å². The molecule has 0 radical (unpaired) electrons. The summed E-state index contributed by atoms with van der Waals surface area (Å²) in [5.41, 5.74) is 0.939. The third kappa shape index (κ3) is 4.34. The molecule has 1 aliphatic rings. The number of nitrogens with zero attached hydrogens (tertiary/aromatic N) is 1. The molecule has 0 spiro atoms. The monoisotopic (exact) mass is 388 g/mol. The second-order valence-corrected chi connectivity index (χ2v) is 8.30. The molecule has 2 heterocycles. The topological polar surface area (TPSA) is 72.8 Å². The number of aliphatic hydroxyl groups excluding tert-OH is 2. The van der Waals surface area contributed by atoms with E-state index in [0.717, 1.165) is 18.5 Å². The third-order valence-corrected chi connectivity index (χ3v) is 6.40. The van der Waals surface area contributed by atoms with E-state index in [9.17, 15) is 15.0 Å².